The predicted molar refractivity (Wildman–Crippen MR) is 168 cm³/mol. The molecule has 42 heavy (non-hydrogen) atoms. The number of benzene rings is 5. The zero-order valence-electron chi connectivity index (χ0n) is 23.6. The summed E-state index contributed by atoms with van der Waals surface area (Å²) in [6.07, 6.45) is 0. The molecular weight excluding hydrogens is 544 g/mol. The first-order valence-electron chi connectivity index (χ1n) is 14.0. The molecule has 6 heteroatoms. The number of esters is 1. The number of hydrogen-bond donors (Lipinski definition) is 1. The standard InChI is InChI=1S/C36H29ClN2O3/c1-4-39(24-15-13-22(2)14-16-24)25-17-18-28-34(20-25)41-33-19-23(3)32(38-31-12-8-7-11-30(31)37)21-29(33)36(28)27-10-6-5-9-26(27)35(40)42-36/h5-21,38H,4H2,1-3H3. The van der Waals surface area contributed by atoms with Crippen LogP contribution in [-0.4, -0.2) is 12.5 Å². The summed E-state index contributed by atoms with van der Waals surface area (Å²) < 4.78 is 13.1. The lowest BCUT2D eigenvalue weighted by Crippen LogP contribution is -2.33. The first kappa shape index (κ1) is 26.2. The molecular formula is C36H29ClN2O3. The first-order chi connectivity index (χ1) is 20.4. The van der Waals surface area contributed by atoms with E-state index in [-0.39, 0.29) is 5.97 Å². The van der Waals surface area contributed by atoms with Gasteiger partial charge in [0.2, 0.25) is 0 Å². The molecule has 5 aromatic carbocycles. The van der Waals surface area contributed by atoms with Crippen LogP contribution in [0.5, 0.6) is 11.5 Å². The van der Waals surface area contributed by atoms with E-state index in [1.807, 2.05) is 79.7 Å². The number of carbonyl (C=O) groups is 1. The minimum absolute atomic E-state index is 0.357. The molecule has 7 rings (SSSR count). The highest BCUT2D eigenvalue weighted by Crippen LogP contribution is 2.57. The van der Waals surface area contributed by atoms with Crippen molar-refractivity contribution in [2.75, 3.05) is 16.8 Å². The number of carbonyl (C=O) groups excluding carboxylic acids is 1. The van der Waals surface area contributed by atoms with Crippen LogP contribution < -0.4 is 15.0 Å². The second kappa shape index (κ2) is 9.97. The molecule has 1 N–H and O–H groups in total. The van der Waals surface area contributed by atoms with Crippen molar-refractivity contribution in [1.29, 1.82) is 0 Å². The maximum absolute atomic E-state index is 13.4. The number of ether oxygens (including phenoxy) is 2. The van der Waals surface area contributed by atoms with Crippen LogP contribution in [-0.2, 0) is 10.3 Å². The van der Waals surface area contributed by atoms with E-state index in [9.17, 15) is 4.79 Å². The zero-order valence-corrected chi connectivity index (χ0v) is 24.3. The summed E-state index contributed by atoms with van der Waals surface area (Å²) in [5.74, 6) is 0.940. The fourth-order valence-corrected chi connectivity index (χ4v) is 6.24. The molecule has 0 saturated carbocycles. The Morgan fingerprint density at radius 1 is 0.762 bits per heavy atom. The molecule has 1 atom stereocenters. The Morgan fingerprint density at radius 2 is 1.48 bits per heavy atom. The third-order valence-corrected chi connectivity index (χ3v) is 8.49. The first-order valence-corrected chi connectivity index (χ1v) is 14.4. The van der Waals surface area contributed by atoms with Gasteiger partial charge < -0.3 is 19.7 Å². The number of hydrogen-bond acceptors (Lipinski definition) is 5. The Hall–Kier alpha value is -4.74. The van der Waals surface area contributed by atoms with Crippen molar-refractivity contribution in [3.63, 3.8) is 0 Å². The van der Waals surface area contributed by atoms with Gasteiger partial charge in [0.05, 0.1) is 16.3 Å². The Morgan fingerprint density at radius 3 is 2.26 bits per heavy atom. The molecule has 2 heterocycles. The lowest BCUT2D eigenvalue weighted by Gasteiger charge is -2.38. The minimum Gasteiger partial charge on any atom is -0.456 e. The topological polar surface area (TPSA) is 50.8 Å². The summed E-state index contributed by atoms with van der Waals surface area (Å²) >= 11 is 6.49. The fourth-order valence-electron chi connectivity index (χ4n) is 6.06. The molecule has 2 aliphatic rings. The summed E-state index contributed by atoms with van der Waals surface area (Å²) in [7, 11) is 0. The molecule has 0 bridgehead atoms. The lowest BCUT2D eigenvalue weighted by atomic mass is 9.77. The Kier molecular flexibility index (Phi) is 6.21. The smallest absolute Gasteiger partial charge is 0.340 e. The molecule has 0 saturated heterocycles. The molecule has 5 nitrogen and oxygen atoms in total. The molecule has 0 amide bonds. The summed E-state index contributed by atoms with van der Waals surface area (Å²) in [5.41, 5.74) is 7.63. The molecule has 1 spiro atoms. The van der Waals surface area contributed by atoms with E-state index in [1.54, 1.807) is 0 Å². The van der Waals surface area contributed by atoms with E-state index >= 15 is 0 Å². The van der Waals surface area contributed by atoms with E-state index in [1.165, 1.54) is 5.56 Å². The molecule has 0 fully saturated rings. The van der Waals surface area contributed by atoms with Crippen molar-refractivity contribution in [1.82, 2.24) is 0 Å². The van der Waals surface area contributed by atoms with Gasteiger partial charge in [0.25, 0.3) is 0 Å². The van der Waals surface area contributed by atoms with Gasteiger partial charge in [-0.05, 0) is 80.9 Å². The average Bonchev–Trinajstić information content (AvgIpc) is 3.29. The Labute approximate surface area is 250 Å². The van der Waals surface area contributed by atoms with Gasteiger partial charge in [0, 0.05) is 46.4 Å². The summed E-state index contributed by atoms with van der Waals surface area (Å²) in [4.78, 5) is 15.6. The van der Waals surface area contributed by atoms with Crippen molar-refractivity contribution < 1.29 is 14.3 Å². The van der Waals surface area contributed by atoms with Crippen LogP contribution in [0.2, 0.25) is 5.02 Å². The van der Waals surface area contributed by atoms with E-state index < -0.39 is 5.60 Å². The van der Waals surface area contributed by atoms with Gasteiger partial charge in [0.15, 0.2) is 5.60 Å². The van der Waals surface area contributed by atoms with Gasteiger partial charge >= 0.3 is 5.97 Å². The van der Waals surface area contributed by atoms with Crippen LogP contribution in [0, 0.1) is 13.8 Å². The second-order valence-electron chi connectivity index (χ2n) is 10.7. The van der Waals surface area contributed by atoms with Crippen LogP contribution >= 0.6 is 11.6 Å². The van der Waals surface area contributed by atoms with Gasteiger partial charge in [-0.15, -0.1) is 0 Å². The number of nitrogens with one attached hydrogen (secondary N) is 1. The molecule has 0 aromatic heterocycles. The number of para-hydroxylation sites is 1. The minimum atomic E-state index is -1.17. The van der Waals surface area contributed by atoms with Crippen molar-refractivity contribution >= 4 is 40.3 Å². The van der Waals surface area contributed by atoms with Gasteiger partial charge in [-0.2, -0.15) is 0 Å². The van der Waals surface area contributed by atoms with Gasteiger partial charge in [-0.1, -0.05) is 59.6 Å². The fraction of sp³-hybridized carbons (Fsp3) is 0.139. The molecule has 5 aromatic rings. The van der Waals surface area contributed by atoms with Gasteiger partial charge in [0.1, 0.15) is 11.5 Å². The molecule has 2 aliphatic heterocycles. The number of rotatable bonds is 5. The van der Waals surface area contributed by atoms with Crippen molar-refractivity contribution in [3.05, 3.63) is 142 Å². The van der Waals surface area contributed by atoms with Crippen molar-refractivity contribution in [2.45, 2.75) is 26.4 Å². The highest BCUT2D eigenvalue weighted by molar-refractivity contribution is 6.33. The zero-order chi connectivity index (χ0) is 29.0. The quantitative estimate of drug-likeness (QED) is 0.213. The third-order valence-electron chi connectivity index (χ3n) is 8.16. The molecule has 0 aliphatic carbocycles. The molecule has 0 radical (unpaired) electrons. The van der Waals surface area contributed by atoms with Crippen LogP contribution in [0.4, 0.5) is 22.7 Å². The third kappa shape index (κ3) is 4.04. The van der Waals surface area contributed by atoms with E-state index in [2.05, 4.69) is 54.4 Å². The molecule has 208 valence electrons. The Balaban J connectivity index is 1.41. The second-order valence-corrected chi connectivity index (χ2v) is 11.2. The van der Waals surface area contributed by atoms with Crippen LogP contribution in [0.25, 0.3) is 0 Å². The monoisotopic (exact) mass is 572 g/mol. The number of fused-ring (bicyclic) bond motifs is 6. The maximum Gasteiger partial charge on any atom is 0.340 e. The van der Waals surface area contributed by atoms with Crippen molar-refractivity contribution in [2.24, 2.45) is 0 Å². The van der Waals surface area contributed by atoms with Crippen molar-refractivity contribution in [3.8, 4) is 11.5 Å². The maximum atomic E-state index is 13.4. The summed E-state index contributed by atoms with van der Waals surface area (Å²) in [5, 5.41) is 4.09. The van der Waals surface area contributed by atoms with Gasteiger partial charge in [-0.25, -0.2) is 4.79 Å². The SMILES string of the molecule is CCN(c1ccc(C)cc1)c1ccc2c(c1)Oc1cc(C)c(Nc3ccccc3Cl)cc1C21OC(=O)c2ccccc21. The lowest BCUT2D eigenvalue weighted by molar-refractivity contribution is 0.0224. The highest BCUT2D eigenvalue weighted by atomic mass is 35.5. The van der Waals surface area contributed by atoms with E-state index in [0.717, 1.165) is 51.5 Å². The normalized spacial score (nSPS) is 16.2. The summed E-state index contributed by atoms with van der Waals surface area (Å²) in [6, 6.07) is 33.9. The van der Waals surface area contributed by atoms with Gasteiger partial charge in [-0.3, -0.25) is 0 Å². The highest BCUT2D eigenvalue weighted by Gasteiger charge is 2.53. The van der Waals surface area contributed by atoms with E-state index in [0.29, 0.717) is 22.1 Å². The number of anilines is 4. The molecule has 1 unspecified atom stereocenters. The number of nitrogens with zero attached hydrogens (tertiary/aromatic N) is 1. The summed E-state index contributed by atoms with van der Waals surface area (Å²) in [6.45, 7) is 7.01. The number of halogens is 1. The van der Waals surface area contributed by atoms with Crippen LogP contribution in [0.15, 0.2) is 103 Å². The number of aryl methyl sites for hydroxylation is 2. The van der Waals surface area contributed by atoms with E-state index in [4.69, 9.17) is 21.1 Å². The average molecular weight is 573 g/mol. The predicted octanol–water partition coefficient (Wildman–Crippen LogP) is 9.43. The van der Waals surface area contributed by atoms with Crippen LogP contribution in [0.3, 0.4) is 0 Å². The Bertz CT molecular complexity index is 1870. The largest absolute Gasteiger partial charge is 0.456 e. The van der Waals surface area contributed by atoms with Crippen LogP contribution in [0.1, 0.15) is 45.1 Å².